The Balaban J connectivity index is 3.22. The minimum Gasteiger partial charge on any atom is -0.504 e. The fraction of sp³-hybridized carbons (Fsp3) is 0.250. The highest BCUT2D eigenvalue weighted by atomic mass is 79.9. The number of ether oxygens (including phenoxy) is 1. The molecule has 0 aliphatic rings. The number of rotatable bonds is 2. The van der Waals surface area contributed by atoms with Gasteiger partial charge in [0.15, 0.2) is 11.5 Å². The zero-order chi connectivity index (χ0) is 9.14. The first kappa shape index (κ1) is 9.35. The van der Waals surface area contributed by atoms with E-state index >= 15 is 0 Å². The molecule has 0 heterocycles. The van der Waals surface area contributed by atoms with Crippen LogP contribution in [0.4, 0.5) is 0 Å². The smallest absolute Gasteiger partial charge is 0.163 e. The number of phenols is 1. The van der Waals surface area contributed by atoms with Crippen LogP contribution in [-0.4, -0.2) is 17.3 Å². The van der Waals surface area contributed by atoms with Crippen molar-refractivity contribution in [3.63, 3.8) is 0 Å². The Kier molecular flexibility index (Phi) is 2.94. The van der Waals surface area contributed by atoms with Crippen LogP contribution < -0.4 is 4.74 Å². The zero-order valence-corrected chi connectivity index (χ0v) is 8.13. The molecular formula is C8H9BrO3. The second-order valence-electron chi connectivity index (χ2n) is 2.27. The van der Waals surface area contributed by atoms with E-state index in [4.69, 9.17) is 9.84 Å². The van der Waals surface area contributed by atoms with E-state index in [1.54, 1.807) is 12.1 Å². The molecule has 0 aliphatic carbocycles. The summed E-state index contributed by atoms with van der Waals surface area (Å²) in [6.45, 7) is -0.207. The third-order valence-electron chi connectivity index (χ3n) is 1.51. The topological polar surface area (TPSA) is 49.7 Å². The van der Waals surface area contributed by atoms with Crippen molar-refractivity contribution in [1.82, 2.24) is 0 Å². The van der Waals surface area contributed by atoms with E-state index in [-0.39, 0.29) is 12.4 Å². The maximum Gasteiger partial charge on any atom is 0.163 e. The van der Waals surface area contributed by atoms with E-state index in [1.165, 1.54) is 7.11 Å². The van der Waals surface area contributed by atoms with E-state index in [0.29, 0.717) is 11.3 Å². The van der Waals surface area contributed by atoms with Crippen LogP contribution >= 0.6 is 15.9 Å². The standard InChI is InChI=1S/C8H9BrO3/c1-12-7-3-6(9)2-5(4-10)8(7)11/h2-3,10-11H,4H2,1H3. The third-order valence-corrected chi connectivity index (χ3v) is 1.97. The van der Waals surface area contributed by atoms with Crippen molar-refractivity contribution in [1.29, 1.82) is 0 Å². The maximum atomic E-state index is 9.41. The number of benzene rings is 1. The van der Waals surface area contributed by atoms with Crippen molar-refractivity contribution in [2.24, 2.45) is 0 Å². The van der Waals surface area contributed by atoms with Crippen LogP contribution in [0.25, 0.3) is 0 Å². The van der Waals surface area contributed by atoms with Crippen molar-refractivity contribution in [2.75, 3.05) is 7.11 Å². The SMILES string of the molecule is COc1cc(Br)cc(CO)c1O. The Morgan fingerprint density at radius 1 is 1.50 bits per heavy atom. The van der Waals surface area contributed by atoms with Crippen molar-refractivity contribution in [3.8, 4) is 11.5 Å². The quantitative estimate of drug-likeness (QED) is 0.816. The maximum absolute atomic E-state index is 9.41. The molecule has 0 unspecified atom stereocenters. The normalized spacial score (nSPS) is 9.92. The van der Waals surface area contributed by atoms with Gasteiger partial charge < -0.3 is 14.9 Å². The lowest BCUT2D eigenvalue weighted by Gasteiger charge is -2.07. The molecule has 0 aliphatic heterocycles. The van der Waals surface area contributed by atoms with Gasteiger partial charge in [-0.25, -0.2) is 0 Å². The van der Waals surface area contributed by atoms with Gasteiger partial charge in [-0.05, 0) is 12.1 Å². The molecule has 0 saturated carbocycles. The molecule has 0 amide bonds. The molecule has 1 rings (SSSR count). The molecule has 12 heavy (non-hydrogen) atoms. The lowest BCUT2D eigenvalue weighted by Crippen LogP contribution is -1.89. The summed E-state index contributed by atoms with van der Waals surface area (Å²) < 4.78 is 5.64. The molecular weight excluding hydrogens is 224 g/mol. The Morgan fingerprint density at radius 3 is 2.67 bits per heavy atom. The monoisotopic (exact) mass is 232 g/mol. The summed E-state index contributed by atoms with van der Waals surface area (Å²) in [7, 11) is 1.46. The molecule has 0 fully saturated rings. The van der Waals surface area contributed by atoms with Gasteiger partial charge in [-0.15, -0.1) is 0 Å². The fourth-order valence-corrected chi connectivity index (χ4v) is 1.39. The van der Waals surface area contributed by atoms with Gasteiger partial charge in [-0.3, -0.25) is 0 Å². The summed E-state index contributed by atoms with van der Waals surface area (Å²) in [4.78, 5) is 0. The summed E-state index contributed by atoms with van der Waals surface area (Å²) >= 11 is 3.23. The Morgan fingerprint density at radius 2 is 2.17 bits per heavy atom. The highest BCUT2D eigenvalue weighted by Gasteiger charge is 2.07. The average molecular weight is 233 g/mol. The van der Waals surface area contributed by atoms with Crippen molar-refractivity contribution < 1.29 is 14.9 Å². The molecule has 0 bridgehead atoms. The lowest BCUT2D eigenvalue weighted by molar-refractivity contribution is 0.272. The number of hydrogen-bond donors (Lipinski definition) is 2. The van der Waals surface area contributed by atoms with Gasteiger partial charge in [0.05, 0.1) is 13.7 Å². The summed E-state index contributed by atoms with van der Waals surface area (Å²) in [5.41, 5.74) is 0.446. The van der Waals surface area contributed by atoms with Gasteiger partial charge in [0.1, 0.15) is 0 Å². The highest BCUT2D eigenvalue weighted by Crippen LogP contribution is 2.33. The van der Waals surface area contributed by atoms with Crippen LogP contribution in [0.5, 0.6) is 11.5 Å². The van der Waals surface area contributed by atoms with Crippen LogP contribution in [-0.2, 0) is 6.61 Å². The minimum atomic E-state index is -0.207. The molecule has 66 valence electrons. The Bertz CT molecular complexity index is 261. The van der Waals surface area contributed by atoms with Crippen molar-refractivity contribution in [2.45, 2.75) is 6.61 Å². The molecule has 4 heteroatoms. The predicted molar refractivity (Wildman–Crippen MR) is 48.3 cm³/mol. The molecule has 0 atom stereocenters. The van der Waals surface area contributed by atoms with Gasteiger partial charge in [-0.1, -0.05) is 15.9 Å². The second kappa shape index (κ2) is 3.78. The molecule has 0 spiro atoms. The third kappa shape index (κ3) is 1.70. The van der Waals surface area contributed by atoms with Gasteiger partial charge in [0.2, 0.25) is 0 Å². The van der Waals surface area contributed by atoms with E-state index in [0.717, 1.165) is 4.47 Å². The second-order valence-corrected chi connectivity index (χ2v) is 3.19. The van der Waals surface area contributed by atoms with Gasteiger partial charge in [-0.2, -0.15) is 0 Å². The highest BCUT2D eigenvalue weighted by molar-refractivity contribution is 9.10. The van der Waals surface area contributed by atoms with E-state index < -0.39 is 0 Å². The number of halogens is 1. The largest absolute Gasteiger partial charge is 0.504 e. The predicted octanol–water partition coefficient (Wildman–Crippen LogP) is 1.66. The first-order chi connectivity index (χ1) is 5.69. The van der Waals surface area contributed by atoms with Gasteiger partial charge >= 0.3 is 0 Å². The van der Waals surface area contributed by atoms with E-state index in [9.17, 15) is 5.11 Å². The zero-order valence-electron chi connectivity index (χ0n) is 6.54. The van der Waals surface area contributed by atoms with E-state index in [2.05, 4.69) is 15.9 Å². The molecule has 2 N–H and O–H groups in total. The first-order valence-electron chi connectivity index (χ1n) is 3.35. The molecule has 1 aromatic rings. The van der Waals surface area contributed by atoms with Crippen LogP contribution in [0.1, 0.15) is 5.56 Å². The number of aliphatic hydroxyl groups excluding tert-OH is 1. The molecule has 3 nitrogen and oxygen atoms in total. The van der Waals surface area contributed by atoms with Crippen LogP contribution in [0.15, 0.2) is 16.6 Å². The summed E-state index contributed by atoms with van der Waals surface area (Å²) in [5.74, 6) is 0.344. The molecule has 1 aromatic carbocycles. The van der Waals surface area contributed by atoms with Crippen LogP contribution in [0.2, 0.25) is 0 Å². The fourth-order valence-electron chi connectivity index (χ4n) is 0.904. The first-order valence-corrected chi connectivity index (χ1v) is 4.14. The summed E-state index contributed by atoms with van der Waals surface area (Å²) in [5, 5.41) is 18.2. The Labute approximate surface area is 78.7 Å². The molecule has 0 saturated heterocycles. The number of aliphatic hydroxyl groups is 1. The lowest BCUT2D eigenvalue weighted by atomic mass is 10.2. The van der Waals surface area contributed by atoms with Crippen LogP contribution in [0, 0.1) is 0 Å². The van der Waals surface area contributed by atoms with E-state index in [1.807, 2.05) is 0 Å². The molecule has 0 radical (unpaired) electrons. The van der Waals surface area contributed by atoms with Crippen molar-refractivity contribution >= 4 is 15.9 Å². The average Bonchev–Trinajstić information content (AvgIpc) is 2.08. The number of methoxy groups -OCH3 is 1. The van der Waals surface area contributed by atoms with Crippen LogP contribution in [0.3, 0.4) is 0 Å². The molecule has 0 aromatic heterocycles. The number of hydrogen-bond acceptors (Lipinski definition) is 3. The summed E-state index contributed by atoms with van der Waals surface area (Å²) in [6.07, 6.45) is 0. The minimum absolute atomic E-state index is 0.0109. The number of aromatic hydroxyl groups is 1. The summed E-state index contributed by atoms with van der Waals surface area (Å²) in [6, 6.07) is 3.27. The van der Waals surface area contributed by atoms with Gasteiger partial charge in [0, 0.05) is 10.0 Å². The van der Waals surface area contributed by atoms with Crippen molar-refractivity contribution in [3.05, 3.63) is 22.2 Å². The Hall–Kier alpha value is -0.740. The van der Waals surface area contributed by atoms with Gasteiger partial charge in [0.25, 0.3) is 0 Å².